The van der Waals surface area contributed by atoms with Gasteiger partial charge in [0.05, 0.1) is 12.2 Å². The van der Waals surface area contributed by atoms with Crippen LogP contribution >= 0.6 is 22.9 Å². The standard InChI is InChI=1S/C25H20ClF2N3OS/c26-19-9-5-17(6-10-19)13-31(14-18-7-11-20(27)12-8-18)15-24-29-23(16-33-24)25(32)30-22-4-2-1-3-21(22)28/h1-12,16H,13-15H2,(H,30,32). The van der Waals surface area contributed by atoms with E-state index in [-0.39, 0.29) is 17.2 Å². The van der Waals surface area contributed by atoms with Crippen molar-refractivity contribution in [1.82, 2.24) is 9.88 Å². The summed E-state index contributed by atoms with van der Waals surface area (Å²) in [5.41, 5.74) is 2.36. The minimum absolute atomic E-state index is 0.109. The van der Waals surface area contributed by atoms with Gasteiger partial charge in [0, 0.05) is 23.5 Å². The van der Waals surface area contributed by atoms with Crippen molar-refractivity contribution in [2.45, 2.75) is 19.6 Å². The fourth-order valence-electron chi connectivity index (χ4n) is 3.29. The number of amides is 1. The number of carbonyl (C=O) groups is 1. The van der Waals surface area contributed by atoms with E-state index in [1.54, 1.807) is 29.6 Å². The van der Waals surface area contributed by atoms with Gasteiger partial charge in [-0.3, -0.25) is 9.69 Å². The van der Waals surface area contributed by atoms with Crippen LogP contribution in [0.4, 0.5) is 14.5 Å². The molecule has 8 heteroatoms. The van der Waals surface area contributed by atoms with E-state index in [4.69, 9.17) is 11.6 Å². The molecule has 0 atom stereocenters. The number of hydrogen-bond acceptors (Lipinski definition) is 4. The Hall–Kier alpha value is -3.13. The normalized spacial score (nSPS) is 11.0. The highest BCUT2D eigenvalue weighted by atomic mass is 35.5. The van der Waals surface area contributed by atoms with Crippen LogP contribution in [0.25, 0.3) is 0 Å². The Bertz CT molecular complexity index is 1180. The lowest BCUT2D eigenvalue weighted by molar-refractivity contribution is 0.102. The average Bonchev–Trinajstić information content (AvgIpc) is 3.27. The van der Waals surface area contributed by atoms with E-state index < -0.39 is 11.7 Å². The van der Waals surface area contributed by atoms with Gasteiger partial charge in [-0.1, -0.05) is 48.0 Å². The number of hydrogen-bond donors (Lipinski definition) is 1. The summed E-state index contributed by atoms with van der Waals surface area (Å²) in [5, 5.41) is 5.61. The molecule has 0 aliphatic rings. The second-order valence-electron chi connectivity index (χ2n) is 7.46. The highest BCUT2D eigenvalue weighted by molar-refractivity contribution is 7.09. The highest BCUT2D eigenvalue weighted by Gasteiger charge is 2.16. The van der Waals surface area contributed by atoms with Gasteiger partial charge in [-0.05, 0) is 47.5 Å². The summed E-state index contributed by atoms with van der Waals surface area (Å²) < 4.78 is 27.2. The number of para-hydroxylation sites is 1. The molecular formula is C25H20ClF2N3OS. The van der Waals surface area contributed by atoms with Crippen LogP contribution in [0.15, 0.2) is 78.2 Å². The first kappa shape index (κ1) is 23.0. The maximum Gasteiger partial charge on any atom is 0.275 e. The number of rotatable bonds is 8. The smallest absolute Gasteiger partial charge is 0.275 e. The van der Waals surface area contributed by atoms with Gasteiger partial charge in [0.15, 0.2) is 0 Å². The number of carbonyl (C=O) groups excluding carboxylic acids is 1. The summed E-state index contributed by atoms with van der Waals surface area (Å²) in [6.07, 6.45) is 0. The Kier molecular flexibility index (Phi) is 7.44. The molecule has 0 aliphatic carbocycles. The lowest BCUT2D eigenvalue weighted by Gasteiger charge is -2.21. The second-order valence-corrected chi connectivity index (χ2v) is 8.84. The molecular weight excluding hydrogens is 464 g/mol. The minimum atomic E-state index is -0.505. The van der Waals surface area contributed by atoms with Crippen LogP contribution in [0.1, 0.15) is 26.6 Å². The molecule has 1 amide bonds. The van der Waals surface area contributed by atoms with E-state index in [2.05, 4.69) is 15.2 Å². The molecule has 0 aliphatic heterocycles. The lowest BCUT2D eigenvalue weighted by atomic mass is 10.1. The van der Waals surface area contributed by atoms with Gasteiger partial charge < -0.3 is 5.32 Å². The third-order valence-corrected chi connectivity index (χ3v) is 5.99. The van der Waals surface area contributed by atoms with E-state index in [0.29, 0.717) is 24.7 Å². The first-order valence-electron chi connectivity index (χ1n) is 10.2. The molecule has 0 fully saturated rings. The van der Waals surface area contributed by atoms with Crippen molar-refractivity contribution in [2.24, 2.45) is 0 Å². The molecule has 0 radical (unpaired) electrons. The summed E-state index contributed by atoms with van der Waals surface area (Å²) in [6.45, 7) is 1.67. The molecule has 0 saturated carbocycles. The number of halogens is 3. The van der Waals surface area contributed by atoms with Crippen LogP contribution in [0, 0.1) is 11.6 Å². The van der Waals surface area contributed by atoms with Gasteiger partial charge in [0.1, 0.15) is 22.3 Å². The maximum absolute atomic E-state index is 13.8. The van der Waals surface area contributed by atoms with Crippen LogP contribution in [-0.4, -0.2) is 15.8 Å². The fourth-order valence-corrected chi connectivity index (χ4v) is 4.23. The Morgan fingerprint density at radius 2 is 1.55 bits per heavy atom. The molecule has 4 rings (SSSR count). The van der Waals surface area contributed by atoms with Crippen molar-refractivity contribution in [3.05, 3.63) is 117 Å². The quantitative estimate of drug-likeness (QED) is 0.310. The summed E-state index contributed by atoms with van der Waals surface area (Å²) in [5.74, 6) is -1.26. The Balaban J connectivity index is 1.48. The van der Waals surface area contributed by atoms with Crippen molar-refractivity contribution in [2.75, 3.05) is 5.32 Å². The summed E-state index contributed by atoms with van der Waals surface area (Å²) >= 11 is 7.36. The zero-order valence-corrected chi connectivity index (χ0v) is 19.0. The van der Waals surface area contributed by atoms with Gasteiger partial charge in [-0.25, -0.2) is 13.8 Å². The Labute approximate surface area is 199 Å². The topological polar surface area (TPSA) is 45.2 Å². The molecule has 4 aromatic rings. The highest BCUT2D eigenvalue weighted by Crippen LogP contribution is 2.20. The molecule has 168 valence electrons. The van der Waals surface area contributed by atoms with Gasteiger partial charge in [0.25, 0.3) is 5.91 Å². The van der Waals surface area contributed by atoms with Crippen LogP contribution in [-0.2, 0) is 19.6 Å². The number of benzene rings is 3. The van der Waals surface area contributed by atoms with E-state index in [9.17, 15) is 13.6 Å². The molecule has 0 unspecified atom stereocenters. The number of aromatic nitrogens is 1. The monoisotopic (exact) mass is 483 g/mol. The molecule has 0 bridgehead atoms. The number of thiazole rings is 1. The Morgan fingerprint density at radius 1 is 0.909 bits per heavy atom. The molecule has 1 N–H and O–H groups in total. The molecule has 1 aromatic heterocycles. The van der Waals surface area contributed by atoms with Gasteiger partial charge in [-0.2, -0.15) is 0 Å². The van der Waals surface area contributed by atoms with Gasteiger partial charge in [0.2, 0.25) is 0 Å². The largest absolute Gasteiger partial charge is 0.318 e. The zero-order chi connectivity index (χ0) is 23.2. The van der Waals surface area contributed by atoms with Gasteiger partial charge in [-0.15, -0.1) is 11.3 Å². The second kappa shape index (κ2) is 10.7. The van der Waals surface area contributed by atoms with Crippen molar-refractivity contribution >= 4 is 34.5 Å². The van der Waals surface area contributed by atoms with Crippen LogP contribution in [0.3, 0.4) is 0 Å². The Morgan fingerprint density at radius 3 is 2.21 bits per heavy atom. The van der Waals surface area contributed by atoms with Gasteiger partial charge >= 0.3 is 0 Å². The number of anilines is 1. The van der Waals surface area contributed by atoms with Crippen molar-refractivity contribution < 1.29 is 13.6 Å². The third kappa shape index (κ3) is 6.44. The van der Waals surface area contributed by atoms with E-state index >= 15 is 0 Å². The average molecular weight is 484 g/mol. The molecule has 3 aromatic carbocycles. The maximum atomic E-state index is 13.8. The van der Waals surface area contributed by atoms with E-state index in [0.717, 1.165) is 16.1 Å². The first-order valence-corrected chi connectivity index (χ1v) is 11.4. The van der Waals surface area contributed by atoms with E-state index in [1.807, 2.05) is 24.3 Å². The summed E-state index contributed by atoms with van der Waals surface area (Å²) in [4.78, 5) is 19.1. The van der Waals surface area contributed by atoms with Crippen LogP contribution in [0.5, 0.6) is 0 Å². The lowest BCUT2D eigenvalue weighted by Crippen LogP contribution is -2.22. The molecule has 0 saturated heterocycles. The number of nitrogens with zero attached hydrogens (tertiary/aromatic N) is 2. The minimum Gasteiger partial charge on any atom is -0.318 e. The van der Waals surface area contributed by atoms with Crippen LogP contribution < -0.4 is 5.32 Å². The van der Waals surface area contributed by atoms with Crippen molar-refractivity contribution in [3.63, 3.8) is 0 Å². The van der Waals surface area contributed by atoms with E-state index in [1.165, 1.54) is 35.6 Å². The SMILES string of the molecule is O=C(Nc1ccccc1F)c1csc(CN(Cc2ccc(F)cc2)Cc2ccc(Cl)cc2)n1. The van der Waals surface area contributed by atoms with Crippen molar-refractivity contribution in [1.29, 1.82) is 0 Å². The molecule has 33 heavy (non-hydrogen) atoms. The first-order chi connectivity index (χ1) is 16.0. The number of nitrogens with one attached hydrogen (secondary N) is 1. The predicted octanol–water partition coefficient (Wildman–Crippen LogP) is 6.53. The third-order valence-electron chi connectivity index (χ3n) is 4.90. The molecule has 0 spiro atoms. The molecule has 1 heterocycles. The summed E-state index contributed by atoms with van der Waals surface area (Å²) in [6, 6.07) is 19.9. The zero-order valence-electron chi connectivity index (χ0n) is 17.5. The van der Waals surface area contributed by atoms with Crippen molar-refractivity contribution in [3.8, 4) is 0 Å². The summed E-state index contributed by atoms with van der Waals surface area (Å²) in [7, 11) is 0. The van der Waals surface area contributed by atoms with Crippen LogP contribution in [0.2, 0.25) is 5.02 Å². The predicted molar refractivity (Wildman–Crippen MR) is 127 cm³/mol. The molecule has 4 nitrogen and oxygen atoms in total. The fraction of sp³-hybridized carbons (Fsp3) is 0.120.